The molecule has 0 bridgehead atoms. The van der Waals surface area contributed by atoms with E-state index >= 15 is 0 Å². The number of aromatic nitrogens is 1. The number of hydrogen-bond acceptors (Lipinski definition) is 6. The average molecular weight is 373 g/mol. The quantitative estimate of drug-likeness (QED) is 0.592. The monoisotopic (exact) mass is 373 g/mol. The Morgan fingerprint density at radius 3 is 2.44 bits per heavy atom. The summed E-state index contributed by atoms with van der Waals surface area (Å²) in [5.74, 6) is -1.56. The first-order valence-corrected chi connectivity index (χ1v) is 8.40. The molecule has 0 saturated carbocycles. The molecule has 7 heteroatoms. The number of carbonyl (C=O) groups excluding carboxylic acids is 3. The number of aryl methyl sites for hydroxylation is 1. The lowest BCUT2D eigenvalue weighted by molar-refractivity contribution is 0.0316. The highest BCUT2D eigenvalue weighted by Gasteiger charge is 2.27. The van der Waals surface area contributed by atoms with Crippen molar-refractivity contribution in [2.24, 2.45) is 0 Å². The summed E-state index contributed by atoms with van der Waals surface area (Å²) in [4.78, 5) is 39.8. The van der Waals surface area contributed by atoms with E-state index in [4.69, 9.17) is 14.2 Å². The highest BCUT2D eigenvalue weighted by atomic mass is 16.5. The van der Waals surface area contributed by atoms with Gasteiger partial charge >= 0.3 is 11.9 Å². The van der Waals surface area contributed by atoms with Crippen molar-refractivity contribution in [2.75, 3.05) is 14.2 Å². The Kier molecular flexibility index (Phi) is 6.52. The minimum Gasteiger partial charge on any atom is -0.465 e. The molecule has 0 radical (unpaired) electrons. The first-order chi connectivity index (χ1) is 12.8. The number of methoxy groups -OCH3 is 2. The number of esters is 2. The summed E-state index contributed by atoms with van der Waals surface area (Å²) in [6, 6.07) is 6.81. The number of carbonyl (C=O) groups is 3. The number of Topliss-reactive ketones (excluding diaryl/α,β-unsaturated/α-hetero) is 1. The minimum atomic E-state index is -1.02. The lowest BCUT2D eigenvalue weighted by Gasteiger charge is -2.13. The van der Waals surface area contributed by atoms with E-state index in [1.807, 2.05) is 6.07 Å². The molecule has 144 valence electrons. The topological polar surface area (TPSA) is 94.7 Å². The van der Waals surface area contributed by atoms with Crippen LogP contribution in [0.5, 0.6) is 0 Å². The maximum Gasteiger partial charge on any atom is 0.339 e. The van der Waals surface area contributed by atoms with Crippen molar-refractivity contribution in [2.45, 2.75) is 33.5 Å². The van der Waals surface area contributed by atoms with E-state index < -0.39 is 23.8 Å². The van der Waals surface area contributed by atoms with Gasteiger partial charge in [0, 0.05) is 12.8 Å². The van der Waals surface area contributed by atoms with E-state index in [1.54, 1.807) is 39.2 Å². The number of rotatable bonds is 7. The summed E-state index contributed by atoms with van der Waals surface area (Å²) in [5.41, 5.74) is 2.68. The molecule has 0 aliphatic carbocycles. The lowest BCUT2D eigenvalue weighted by Crippen LogP contribution is -2.25. The van der Waals surface area contributed by atoms with Gasteiger partial charge in [0.1, 0.15) is 0 Å². The fraction of sp³-hybridized carbons (Fsp3) is 0.350. The fourth-order valence-corrected chi connectivity index (χ4v) is 2.84. The summed E-state index contributed by atoms with van der Waals surface area (Å²) in [6.45, 7) is 5.18. The Morgan fingerprint density at radius 2 is 1.81 bits per heavy atom. The zero-order chi connectivity index (χ0) is 20.1. The summed E-state index contributed by atoms with van der Waals surface area (Å²) in [7, 11) is 2.84. The summed E-state index contributed by atoms with van der Waals surface area (Å²) >= 11 is 0. The molecule has 1 aromatic carbocycles. The zero-order valence-electron chi connectivity index (χ0n) is 16.0. The van der Waals surface area contributed by atoms with E-state index in [2.05, 4.69) is 4.98 Å². The number of ether oxygens (including phenoxy) is 3. The molecule has 0 saturated heterocycles. The third kappa shape index (κ3) is 4.43. The molecular formula is C20H23NO6. The minimum absolute atomic E-state index is 0.223. The largest absolute Gasteiger partial charge is 0.465 e. The van der Waals surface area contributed by atoms with Crippen molar-refractivity contribution in [1.29, 1.82) is 0 Å². The van der Waals surface area contributed by atoms with Gasteiger partial charge in [0.2, 0.25) is 5.78 Å². The molecule has 0 aliphatic rings. The van der Waals surface area contributed by atoms with Crippen LogP contribution in [0, 0.1) is 13.8 Å². The third-order valence-corrected chi connectivity index (χ3v) is 4.20. The number of benzene rings is 1. The number of nitrogens with one attached hydrogen (secondary N) is 1. The number of H-pyrrole nitrogens is 1. The molecule has 1 heterocycles. The Labute approximate surface area is 157 Å². The Morgan fingerprint density at radius 1 is 1.11 bits per heavy atom. The highest BCUT2D eigenvalue weighted by molar-refractivity contribution is 6.04. The molecular weight excluding hydrogens is 350 g/mol. The first kappa shape index (κ1) is 20.4. The second-order valence-corrected chi connectivity index (χ2v) is 6.16. The number of hydrogen-bond donors (Lipinski definition) is 1. The van der Waals surface area contributed by atoms with E-state index in [1.165, 1.54) is 14.0 Å². The van der Waals surface area contributed by atoms with Gasteiger partial charge in [-0.2, -0.15) is 0 Å². The van der Waals surface area contributed by atoms with Crippen LogP contribution in [0.3, 0.4) is 0 Å². The van der Waals surface area contributed by atoms with Gasteiger partial charge in [0.05, 0.1) is 30.5 Å². The predicted molar refractivity (Wildman–Crippen MR) is 98.0 cm³/mol. The standard InChI is InChI=1S/C20H23NO6/c1-11-16(20(24)26-5)12(2)21-17(11)18(22)13(3)27-19(23)15-8-6-7-14(9-15)10-25-4/h6-9,13,21H,10H2,1-5H3/t13-/m1/s1. The second kappa shape index (κ2) is 8.64. The van der Waals surface area contributed by atoms with Crippen LogP contribution in [0.15, 0.2) is 24.3 Å². The Bertz CT molecular complexity index is 867. The SMILES string of the molecule is COCc1cccc(C(=O)O[C@H](C)C(=O)c2[nH]c(C)c(C(=O)OC)c2C)c1. The molecule has 0 unspecified atom stereocenters. The summed E-state index contributed by atoms with van der Waals surface area (Å²) < 4.78 is 15.1. The van der Waals surface area contributed by atoms with Gasteiger partial charge in [0.25, 0.3) is 0 Å². The smallest absolute Gasteiger partial charge is 0.339 e. The molecule has 2 aromatic rings. The maximum absolute atomic E-state index is 12.7. The number of ketones is 1. The van der Waals surface area contributed by atoms with E-state index in [9.17, 15) is 14.4 Å². The lowest BCUT2D eigenvalue weighted by atomic mass is 10.1. The molecule has 0 amide bonds. The van der Waals surface area contributed by atoms with Crippen LogP contribution < -0.4 is 0 Å². The van der Waals surface area contributed by atoms with Gasteiger partial charge in [-0.15, -0.1) is 0 Å². The van der Waals surface area contributed by atoms with Crippen LogP contribution in [0.25, 0.3) is 0 Å². The van der Waals surface area contributed by atoms with Crippen LogP contribution in [0.4, 0.5) is 0 Å². The van der Waals surface area contributed by atoms with Crippen molar-refractivity contribution in [1.82, 2.24) is 4.98 Å². The van der Waals surface area contributed by atoms with Gasteiger partial charge in [-0.05, 0) is 44.0 Å². The molecule has 0 spiro atoms. The van der Waals surface area contributed by atoms with Crippen molar-refractivity contribution < 1.29 is 28.6 Å². The van der Waals surface area contributed by atoms with Crippen molar-refractivity contribution >= 4 is 17.7 Å². The van der Waals surface area contributed by atoms with Gasteiger partial charge in [-0.1, -0.05) is 12.1 Å². The molecule has 1 N–H and O–H groups in total. The van der Waals surface area contributed by atoms with Gasteiger partial charge in [-0.3, -0.25) is 4.79 Å². The van der Waals surface area contributed by atoms with E-state index in [0.717, 1.165) is 5.56 Å². The van der Waals surface area contributed by atoms with Crippen LogP contribution in [0.2, 0.25) is 0 Å². The van der Waals surface area contributed by atoms with Crippen LogP contribution >= 0.6 is 0 Å². The molecule has 0 fully saturated rings. The van der Waals surface area contributed by atoms with E-state index in [-0.39, 0.29) is 5.69 Å². The molecule has 7 nitrogen and oxygen atoms in total. The molecule has 2 rings (SSSR count). The van der Waals surface area contributed by atoms with Crippen LogP contribution in [-0.4, -0.2) is 43.0 Å². The highest BCUT2D eigenvalue weighted by Crippen LogP contribution is 2.21. The predicted octanol–water partition coefficient (Wildman–Crippen LogP) is 2.99. The summed E-state index contributed by atoms with van der Waals surface area (Å²) in [6.07, 6.45) is -1.02. The number of aromatic amines is 1. The molecule has 1 atom stereocenters. The van der Waals surface area contributed by atoms with Gasteiger partial charge in [-0.25, -0.2) is 9.59 Å². The second-order valence-electron chi connectivity index (χ2n) is 6.16. The summed E-state index contributed by atoms with van der Waals surface area (Å²) in [5, 5.41) is 0. The molecule has 0 aliphatic heterocycles. The first-order valence-electron chi connectivity index (χ1n) is 8.40. The van der Waals surface area contributed by atoms with Crippen molar-refractivity contribution in [3.8, 4) is 0 Å². The molecule has 27 heavy (non-hydrogen) atoms. The zero-order valence-corrected chi connectivity index (χ0v) is 16.0. The fourth-order valence-electron chi connectivity index (χ4n) is 2.84. The van der Waals surface area contributed by atoms with Crippen molar-refractivity contribution in [3.63, 3.8) is 0 Å². The maximum atomic E-state index is 12.7. The van der Waals surface area contributed by atoms with Crippen LogP contribution in [0.1, 0.15) is 54.9 Å². The van der Waals surface area contributed by atoms with E-state index in [0.29, 0.717) is 29.0 Å². The molecule has 1 aromatic heterocycles. The average Bonchev–Trinajstić information content (AvgIpc) is 2.95. The van der Waals surface area contributed by atoms with Crippen molar-refractivity contribution in [3.05, 3.63) is 57.9 Å². The van der Waals surface area contributed by atoms with Gasteiger partial charge in [0.15, 0.2) is 6.10 Å². The normalized spacial score (nSPS) is 11.7. The van der Waals surface area contributed by atoms with Crippen LogP contribution in [-0.2, 0) is 20.8 Å². The third-order valence-electron chi connectivity index (χ3n) is 4.20. The van der Waals surface area contributed by atoms with Gasteiger partial charge < -0.3 is 19.2 Å². The Hall–Kier alpha value is -2.93. The Balaban J connectivity index is 2.17.